The van der Waals surface area contributed by atoms with Gasteiger partial charge in [0, 0.05) is 12.1 Å². The topological polar surface area (TPSA) is 65.0 Å². The largest absolute Gasteiger partial charge is 0.360 e. The summed E-state index contributed by atoms with van der Waals surface area (Å²) in [5.41, 5.74) is 2.00. The summed E-state index contributed by atoms with van der Waals surface area (Å²) in [4.78, 5) is 12.5. The van der Waals surface area contributed by atoms with Crippen LogP contribution in [0.4, 0.5) is 0 Å². The average Bonchev–Trinajstić information content (AvgIpc) is 2.72. The number of guanidine groups is 1. The smallest absolute Gasteiger partial charge is 0.189 e. The lowest BCUT2D eigenvalue weighted by molar-refractivity contribution is -0.115. The molecule has 0 amide bonds. The number of aldehydes is 1. The van der Waals surface area contributed by atoms with Gasteiger partial charge in [0.15, 0.2) is 5.96 Å². The molecule has 0 saturated heterocycles. The zero-order valence-electron chi connectivity index (χ0n) is 15.6. The van der Waals surface area contributed by atoms with Gasteiger partial charge in [-0.1, -0.05) is 61.2 Å². The number of hydrogen-bond donors (Lipinski definition) is 3. The van der Waals surface area contributed by atoms with E-state index >= 15 is 0 Å². The molecule has 0 bridgehead atoms. The molecule has 1 unspecified atom stereocenters. The van der Waals surface area contributed by atoms with Gasteiger partial charge in [0.25, 0.3) is 0 Å². The molecule has 0 aromatic heterocycles. The first-order valence-corrected chi connectivity index (χ1v) is 9.84. The predicted octanol–water partition coefficient (Wildman–Crippen LogP) is 4.73. The molecular weight excluding hydrogens is 358 g/mol. The van der Waals surface area contributed by atoms with Crippen LogP contribution in [0.15, 0.2) is 48.5 Å². The second kappa shape index (κ2) is 8.57. The third kappa shape index (κ3) is 4.16. The fraction of sp³-hybridized carbons (Fsp3) is 0.364. The van der Waals surface area contributed by atoms with E-state index in [2.05, 4.69) is 10.6 Å². The summed E-state index contributed by atoms with van der Waals surface area (Å²) in [6, 6.07) is 15.7. The van der Waals surface area contributed by atoms with Crippen LogP contribution < -0.4 is 10.6 Å². The molecule has 1 aliphatic rings. The first-order valence-electron chi connectivity index (χ1n) is 9.46. The lowest BCUT2D eigenvalue weighted by Crippen LogP contribution is -2.55. The normalized spacial score (nSPS) is 17.0. The van der Waals surface area contributed by atoms with Crippen molar-refractivity contribution in [2.75, 3.05) is 7.05 Å². The monoisotopic (exact) mass is 383 g/mol. The Morgan fingerprint density at radius 3 is 2.41 bits per heavy atom. The highest BCUT2D eigenvalue weighted by atomic mass is 35.5. The Labute approximate surface area is 165 Å². The van der Waals surface area contributed by atoms with Crippen molar-refractivity contribution in [2.24, 2.45) is 5.92 Å². The van der Waals surface area contributed by atoms with Gasteiger partial charge in [-0.2, -0.15) is 0 Å². The number of carbonyl (C=O) groups excluding carboxylic acids is 1. The molecule has 3 rings (SSSR count). The molecule has 27 heavy (non-hydrogen) atoms. The molecule has 2 aromatic carbocycles. The lowest BCUT2D eigenvalue weighted by atomic mass is 9.71. The maximum absolute atomic E-state index is 12.5. The molecule has 0 aliphatic heterocycles. The number of nitrogens with one attached hydrogen (secondary N) is 3. The number of halogens is 1. The van der Waals surface area contributed by atoms with Crippen LogP contribution in [-0.2, 0) is 10.3 Å². The maximum atomic E-state index is 12.5. The van der Waals surface area contributed by atoms with Gasteiger partial charge >= 0.3 is 0 Å². The average molecular weight is 384 g/mol. The van der Waals surface area contributed by atoms with Crippen molar-refractivity contribution in [3.63, 3.8) is 0 Å². The van der Waals surface area contributed by atoms with Gasteiger partial charge in [-0.05, 0) is 53.6 Å². The van der Waals surface area contributed by atoms with E-state index in [9.17, 15) is 4.79 Å². The minimum absolute atomic E-state index is 0.154. The summed E-state index contributed by atoms with van der Waals surface area (Å²) in [7, 11) is 1.69. The van der Waals surface area contributed by atoms with Crippen LogP contribution in [0.1, 0.15) is 37.7 Å². The van der Waals surface area contributed by atoms with E-state index < -0.39 is 5.54 Å². The van der Waals surface area contributed by atoms with Crippen LogP contribution in [0, 0.1) is 11.3 Å². The van der Waals surface area contributed by atoms with E-state index in [1.165, 1.54) is 6.42 Å². The molecule has 142 valence electrons. The van der Waals surface area contributed by atoms with Gasteiger partial charge in [-0.25, -0.2) is 0 Å². The molecule has 1 atom stereocenters. The molecule has 1 aliphatic carbocycles. The van der Waals surface area contributed by atoms with Gasteiger partial charge in [-0.15, -0.1) is 0 Å². The Balaban J connectivity index is 2.07. The third-order valence-electron chi connectivity index (χ3n) is 5.52. The minimum Gasteiger partial charge on any atom is -0.360 e. The van der Waals surface area contributed by atoms with Crippen molar-refractivity contribution in [3.05, 3.63) is 59.1 Å². The molecule has 0 spiro atoms. The van der Waals surface area contributed by atoms with Crippen molar-refractivity contribution >= 4 is 23.8 Å². The molecule has 5 heteroatoms. The highest BCUT2D eigenvalue weighted by Gasteiger charge is 2.41. The molecule has 0 heterocycles. The Morgan fingerprint density at radius 1 is 1.11 bits per heavy atom. The quantitative estimate of drug-likeness (QED) is 0.397. The Kier molecular flexibility index (Phi) is 6.17. The molecule has 1 fully saturated rings. The molecule has 3 N–H and O–H groups in total. The zero-order chi connectivity index (χ0) is 19.3. The van der Waals surface area contributed by atoms with E-state index in [0.717, 1.165) is 48.7 Å². The van der Waals surface area contributed by atoms with Gasteiger partial charge in [0.2, 0.25) is 0 Å². The van der Waals surface area contributed by atoms with Crippen LogP contribution >= 0.6 is 11.6 Å². The van der Waals surface area contributed by atoms with Crippen molar-refractivity contribution in [2.45, 2.75) is 37.6 Å². The molecule has 0 radical (unpaired) electrons. The van der Waals surface area contributed by atoms with Gasteiger partial charge < -0.3 is 15.4 Å². The van der Waals surface area contributed by atoms with Crippen LogP contribution in [0.25, 0.3) is 11.1 Å². The van der Waals surface area contributed by atoms with Crippen LogP contribution in [0.2, 0.25) is 5.02 Å². The van der Waals surface area contributed by atoms with Crippen molar-refractivity contribution in [1.82, 2.24) is 10.6 Å². The maximum Gasteiger partial charge on any atom is 0.189 e. The summed E-state index contributed by atoms with van der Waals surface area (Å²) in [6.07, 6.45) is 6.38. The first kappa shape index (κ1) is 19.4. The van der Waals surface area contributed by atoms with E-state index in [-0.39, 0.29) is 11.9 Å². The van der Waals surface area contributed by atoms with Crippen LogP contribution in [0.3, 0.4) is 0 Å². The highest BCUT2D eigenvalue weighted by Crippen LogP contribution is 2.39. The summed E-state index contributed by atoms with van der Waals surface area (Å²) < 4.78 is 0. The molecule has 2 aromatic rings. The molecular formula is C22H26ClN3O. The Bertz CT molecular complexity index is 817. The summed E-state index contributed by atoms with van der Waals surface area (Å²) in [6.45, 7) is 0. The van der Waals surface area contributed by atoms with Gasteiger partial charge in [0.05, 0.1) is 0 Å². The third-order valence-corrected chi connectivity index (χ3v) is 5.75. The van der Waals surface area contributed by atoms with E-state index in [0.29, 0.717) is 5.02 Å². The second-order valence-corrected chi connectivity index (χ2v) is 7.60. The SMILES string of the molecule is CNC(=N)NC(C=O)(c1cccc(-c2cccc(Cl)c2)c1)C1CCCCC1. The number of rotatable bonds is 5. The summed E-state index contributed by atoms with van der Waals surface area (Å²) in [5.74, 6) is 0.313. The zero-order valence-corrected chi connectivity index (χ0v) is 16.4. The first-order chi connectivity index (χ1) is 13.1. The number of carbonyl (C=O) groups is 1. The van der Waals surface area contributed by atoms with Crippen molar-refractivity contribution in [1.29, 1.82) is 5.41 Å². The van der Waals surface area contributed by atoms with Gasteiger partial charge in [0.1, 0.15) is 11.8 Å². The fourth-order valence-electron chi connectivity index (χ4n) is 4.06. The summed E-state index contributed by atoms with van der Waals surface area (Å²) in [5, 5.41) is 14.8. The summed E-state index contributed by atoms with van der Waals surface area (Å²) >= 11 is 6.16. The minimum atomic E-state index is -0.908. The second-order valence-electron chi connectivity index (χ2n) is 7.16. The lowest BCUT2D eigenvalue weighted by Gasteiger charge is -2.40. The Hall–Kier alpha value is -2.33. The number of benzene rings is 2. The fourth-order valence-corrected chi connectivity index (χ4v) is 4.25. The standard InChI is InChI=1S/C22H26ClN3O/c1-25-21(24)26-22(15-27,18-9-3-2-4-10-18)19-11-5-7-16(13-19)17-8-6-12-20(23)14-17/h5-8,11-15,18H,2-4,9-10H2,1H3,(H3,24,25,26). The Morgan fingerprint density at radius 2 is 1.78 bits per heavy atom. The van der Waals surface area contributed by atoms with Gasteiger partial charge in [-0.3, -0.25) is 5.41 Å². The van der Waals surface area contributed by atoms with E-state index in [1.54, 1.807) is 7.05 Å². The van der Waals surface area contributed by atoms with Crippen molar-refractivity contribution < 1.29 is 4.79 Å². The van der Waals surface area contributed by atoms with Crippen LogP contribution in [0.5, 0.6) is 0 Å². The van der Waals surface area contributed by atoms with E-state index in [1.807, 2.05) is 48.5 Å². The van der Waals surface area contributed by atoms with Crippen LogP contribution in [-0.4, -0.2) is 19.3 Å². The van der Waals surface area contributed by atoms with E-state index in [4.69, 9.17) is 17.0 Å². The molecule has 1 saturated carbocycles. The highest BCUT2D eigenvalue weighted by molar-refractivity contribution is 6.30. The van der Waals surface area contributed by atoms with Crippen molar-refractivity contribution in [3.8, 4) is 11.1 Å². The number of hydrogen-bond acceptors (Lipinski definition) is 2. The predicted molar refractivity (Wildman–Crippen MR) is 111 cm³/mol. The molecule has 4 nitrogen and oxygen atoms in total.